The molecule has 1 aliphatic rings. The van der Waals surface area contributed by atoms with Crippen molar-refractivity contribution in [2.75, 3.05) is 25.0 Å². The predicted octanol–water partition coefficient (Wildman–Crippen LogP) is 3.56. The number of benzene rings is 1. The molecule has 2 rings (SSSR count). The van der Waals surface area contributed by atoms with Gasteiger partial charge in [-0.3, -0.25) is 4.79 Å². The Hall–Kier alpha value is -2.03. The van der Waals surface area contributed by atoms with Crippen molar-refractivity contribution in [1.82, 2.24) is 4.90 Å². The van der Waals surface area contributed by atoms with E-state index in [-0.39, 0.29) is 17.6 Å². The molecule has 1 heterocycles. The number of halogens is 3. The summed E-state index contributed by atoms with van der Waals surface area (Å²) in [5, 5.41) is 3.38. The van der Waals surface area contributed by atoms with Gasteiger partial charge in [0.05, 0.1) is 12.5 Å². The van der Waals surface area contributed by atoms with Crippen LogP contribution in [0.1, 0.15) is 19.8 Å². The number of rotatable bonds is 4. The van der Waals surface area contributed by atoms with Gasteiger partial charge in [-0.1, -0.05) is 0 Å². The summed E-state index contributed by atoms with van der Waals surface area (Å²) in [6, 6.07) is 5.30. The van der Waals surface area contributed by atoms with Crippen LogP contribution < -0.4 is 10.1 Å². The Morgan fingerprint density at radius 3 is 2.64 bits per heavy atom. The topological polar surface area (TPSA) is 50.8 Å². The molecule has 0 radical (unpaired) electrons. The minimum Gasteiger partial charge on any atom is -0.466 e. The fourth-order valence-electron chi connectivity index (χ4n) is 2.56. The molecule has 1 N–H and O–H groups in total. The third-order valence-corrected chi connectivity index (χ3v) is 4.03. The van der Waals surface area contributed by atoms with Gasteiger partial charge in [-0.25, -0.2) is 0 Å². The van der Waals surface area contributed by atoms with Crippen LogP contribution in [0.3, 0.4) is 0 Å². The molecular formula is C16H19F3N2O3S. The minimum absolute atomic E-state index is 0.226. The Balaban J connectivity index is 1.91. The van der Waals surface area contributed by atoms with Gasteiger partial charge in [0.15, 0.2) is 5.11 Å². The van der Waals surface area contributed by atoms with Crippen LogP contribution in [-0.2, 0) is 9.53 Å². The van der Waals surface area contributed by atoms with E-state index in [1.807, 2.05) is 4.90 Å². The van der Waals surface area contributed by atoms with Crippen molar-refractivity contribution < 1.29 is 27.4 Å². The van der Waals surface area contributed by atoms with Gasteiger partial charge in [-0.2, -0.15) is 0 Å². The number of carbonyl (C=O) groups excluding carboxylic acids is 1. The van der Waals surface area contributed by atoms with Gasteiger partial charge >= 0.3 is 12.3 Å². The number of hydrogen-bond donors (Lipinski definition) is 1. The Kier molecular flexibility index (Phi) is 6.46. The summed E-state index contributed by atoms with van der Waals surface area (Å²) in [4.78, 5) is 13.7. The average Bonchev–Trinajstić information content (AvgIpc) is 2.55. The number of anilines is 1. The van der Waals surface area contributed by atoms with Crippen molar-refractivity contribution >= 4 is 29.0 Å². The van der Waals surface area contributed by atoms with E-state index in [2.05, 4.69) is 10.1 Å². The number of nitrogens with one attached hydrogen (secondary N) is 1. The Morgan fingerprint density at radius 1 is 1.36 bits per heavy atom. The Bertz CT molecular complexity index is 608. The van der Waals surface area contributed by atoms with Crippen molar-refractivity contribution in [1.29, 1.82) is 0 Å². The van der Waals surface area contributed by atoms with Gasteiger partial charge in [-0.05, 0) is 56.2 Å². The van der Waals surface area contributed by atoms with Crippen molar-refractivity contribution in [2.45, 2.75) is 26.1 Å². The standard InChI is InChI=1S/C16H19F3N2O3S/c1-2-23-14(22)11-4-3-9-21(10-11)15(25)20-12-5-7-13(8-6-12)24-16(17,18)19/h5-8,11H,2-4,9-10H2,1H3,(H,20,25)/t11-/m0/s1. The number of carbonyl (C=O) groups is 1. The third-order valence-electron chi connectivity index (χ3n) is 3.67. The van der Waals surface area contributed by atoms with Crippen molar-refractivity contribution in [2.24, 2.45) is 5.92 Å². The zero-order valence-corrected chi connectivity index (χ0v) is 14.5. The van der Waals surface area contributed by atoms with Crippen LogP contribution in [0.5, 0.6) is 5.75 Å². The maximum absolute atomic E-state index is 12.1. The first kappa shape index (κ1) is 19.3. The summed E-state index contributed by atoms with van der Waals surface area (Å²) in [6.07, 6.45) is -3.16. The summed E-state index contributed by atoms with van der Waals surface area (Å²) in [6.45, 7) is 3.26. The maximum atomic E-state index is 12.1. The van der Waals surface area contributed by atoms with Crippen molar-refractivity contribution in [3.63, 3.8) is 0 Å². The van der Waals surface area contributed by atoms with E-state index >= 15 is 0 Å². The third kappa shape index (κ3) is 6.08. The summed E-state index contributed by atoms with van der Waals surface area (Å²) in [5.41, 5.74) is 0.540. The van der Waals surface area contributed by atoms with Gasteiger partial charge in [0.1, 0.15) is 5.75 Å². The number of likely N-dealkylation sites (tertiary alicyclic amines) is 1. The van der Waals surface area contributed by atoms with E-state index in [9.17, 15) is 18.0 Å². The fraction of sp³-hybridized carbons (Fsp3) is 0.500. The first-order valence-electron chi connectivity index (χ1n) is 7.87. The molecule has 1 aromatic carbocycles. The summed E-state index contributed by atoms with van der Waals surface area (Å²) in [5.74, 6) is -0.760. The number of nitrogens with zero attached hydrogens (tertiary/aromatic N) is 1. The number of ether oxygens (including phenoxy) is 2. The van der Waals surface area contributed by atoms with Gasteiger partial charge in [-0.15, -0.1) is 13.2 Å². The lowest BCUT2D eigenvalue weighted by Crippen LogP contribution is -2.44. The van der Waals surface area contributed by atoms with E-state index < -0.39 is 6.36 Å². The molecule has 138 valence electrons. The van der Waals surface area contributed by atoms with Crippen molar-refractivity contribution in [3.8, 4) is 5.75 Å². The SMILES string of the molecule is CCOC(=O)[C@H]1CCCN(C(=S)Nc2ccc(OC(F)(F)F)cc2)C1. The smallest absolute Gasteiger partial charge is 0.466 e. The Morgan fingerprint density at radius 2 is 2.04 bits per heavy atom. The minimum atomic E-state index is -4.72. The van der Waals surface area contributed by atoms with Crippen LogP contribution >= 0.6 is 12.2 Å². The lowest BCUT2D eigenvalue weighted by Gasteiger charge is -2.33. The highest BCUT2D eigenvalue weighted by Crippen LogP contribution is 2.24. The monoisotopic (exact) mass is 376 g/mol. The largest absolute Gasteiger partial charge is 0.573 e. The number of alkyl halides is 3. The maximum Gasteiger partial charge on any atom is 0.573 e. The molecule has 0 aromatic heterocycles. The molecule has 9 heteroatoms. The molecule has 1 saturated heterocycles. The summed E-state index contributed by atoms with van der Waals surface area (Å²) < 4.78 is 45.3. The second kappa shape index (κ2) is 8.37. The highest BCUT2D eigenvalue weighted by Gasteiger charge is 2.31. The fourth-order valence-corrected chi connectivity index (χ4v) is 2.84. The summed E-state index contributed by atoms with van der Waals surface area (Å²) >= 11 is 5.33. The highest BCUT2D eigenvalue weighted by molar-refractivity contribution is 7.80. The molecule has 0 aliphatic carbocycles. The second-order valence-corrected chi connectivity index (χ2v) is 5.93. The number of esters is 1. The molecular weight excluding hydrogens is 357 g/mol. The quantitative estimate of drug-likeness (QED) is 0.641. The van der Waals surface area contributed by atoms with Crippen LogP contribution in [0.4, 0.5) is 18.9 Å². The lowest BCUT2D eigenvalue weighted by molar-refractivity contribution is -0.274. The van der Waals surface area contributed by atoms with Crippen LogP contribution in [0, 0.1) is 5.92 Å². The first-order valence-corrected chi connectivity index (χ1v) is 8.27. The van der Waals surface area contributed by atoms with E-state index in [4.69, 9.17) is 17.0 Å². The molecule has 1 atom stereocenters. The van der Waals surface area contributed by atoms with Crippen molar-refractivity contribution in [3.05, 3.63) is 24.3 Å². The molecule has 0 bridgehead atoms. The Labute approximate surface area is 149 Å². The molecule has 0 amide bonds. The summed E-state index contributed by atoms with van der Waals surface area (Å²) in [7, 11) is 0. The molecule has 1 aliphatic heterocycles. The molecule has 25 heavy (non-hydrogen) atoms. The number of piperidine rings is 1. The van der Waals surface area contributed by atoms with E-state index in [1.54, 1.807) is 6.92 Å². The van der Waals surface area contributed by atoms with Gasteiger partial charge in [0, 0.05) is 18.8 Å². The normalized spacial score (nSPS) is 17.8. The highest BCUT2D eigenvalue weighted by atomic mass is 32.1. The van der Waals surface area contributed by atoms with Gasteiger partial charge in [0.2, 0.25) is 0 Å². The first-order chi connectivity index (χ1) is 11.8. The number of thiocarbonyl (C=S) groups is 1. The molecule has 0 saturated carbocycles. The molecule has 1 aromatic rings. The zero-order chi connectivity index (χ0) is 18.4. The van der Waals surface area contributed by atoms with Crippen LogP contribution in [0.15, 0.2) is 24.3 Å². The molecule has 0 spiro atoms. The molecule has 0 unspecified atom stereocenters. The van der Waals surface area contributed by atoms with E-state index in [1.165, 1.54) is 24.3 Å². The predicted molar refractivity (Wildman–Crippen MR) is 90.3 cm³/mol. The van der Waals surface area contributed by atoms with Crippen LogP contribution in [0.2, 0.25) is 0 Å². The lowest BCUT2D eigenvalue weighted by atomic mass is 9.98. The van der Waals surface area contributed by atoms with Gasteiger partial charge < -0.3 is 19.7 Å². The van der Waals surface area contributed by atoms with Crippen LogP contribution in [-0.4, -0.2) is 42.0 Å². The van der Waals surface area contributed by atoms with Crippen LogP contribution in [0.25, 0.3) is 0 Å². The number of hydrogen-bond acceptors (Lipinski definition) is 4. The zero-order valence-electron chi connectivity index (χ0n) is 13.6. The second-order valence-electron chi connectivity index (χ2n) is 5.54. The molecule has 5 nitrogen and oxygen atoms in total. The van der Waals surface area contributed by atoms with Gasteiger partial charge in [0.25, 0.3) is 0 Å². The van der Waals surface area contributed by atoms with E-state index in [0.29, 0.717) is 30.5 Å². The van der Waals surface area contributed by atoms with E-state index in [0.717, 1.165) is 12.8 Å². The average molecular weight is 376 g/mol. The molecule has 1 fully saturated rings.